The maximum atomic E-state index is 9.59. The standard InChI is InChI=1S/C7H7N3O2/c11-7(5-1-2-12-4-5)6-3-8-10-9-6/h1-4,7,11H,(H,8,9,10). The summed E-state index contributed by atoms with van der Waals surface area (Å²) in [5, 5.41) is 19.3. The van der Waals surface area contributed by atoms with Crippen LogP contribution in [-0.4, -0.2) is 20.5 Å². The van der Waals surface area contributed by atoms with Crippen LogP contribution in [0.3, 0.4) is 0 Å². The first-order chi connectivity index (χ1) is 5.88. The van der Waals surface area contributed by atoms with Gasteiger partial charge in [-0.05, 0) is 6.07 Å². The van der Waals surface area contributed by atoms with E-state index in [4.69, 9.17) is 4.42 Å². The van der Waals surface area contributed by atoms with Crippen LogP contribution in [-0.2, 0) is 0 Å². The Morgan fingerprint density at radius 3 is 3.08 bits per heavy atom. The van der Waals surface area contributed by atoms with Crippen molar-refractivity contribution < 1.29 is 9.52 Å². The number of nitrogens with one attached hydrogen (secondary N) is 1. The zero-order valence-electron chi connectivity index (χ0n) is 6.14. The summed E-state index contributed by atoms with van der Waals surface area (Å²) in [7, 11) is 0. The van der Waals surface area contributed by atoms with Crippen LogP contribution in [0.15, 0.2) is 29.2 Å². The Kier molecular flexibility index (Phi) is 1.64. The predicted octanol–water partition coefficient (Wildman–Crippen LogP) is 0.479. The fourth-order valence-corrected chi connectivity index (χ4v) is 0.944. The Hall–Kier alpha value is -1.62. The van der Waals surface area contributed by atoms with Crippen LogP contribution in [0.2, 0.25) is 0 Å². The molecule has 5 nitrogen and oxygen atoms in total. The highest BCUT2D eigenvalue weighted by molar-refractivity contribution is 5.18. The molecular weight excluding hydrogens is 158 g/mol. The molecule has 2 rings (SSSR count). The SMILES string of the molecule is OC(c1ccoc1)c1cn[nH]n1. The van der Waals surface area contributed by atoms with E-state index in [1.807, 2.05) is 0 Å². The van der Waals surface area contributed by atoms with Crippen LogP contribution in [0.4, 0.5) is 0 Å². The van der Waals surface area contributed by atoms with Crippen LogP contribution >= 0.6 is 0 Å². The van der Waals surface area contributed by atoms with Gasteiger partial charge in [0.2, 0.25) is 0 Å². The highest BCUT2D eigenvalue weighted by atomic mass is 16.3. The van der Waals surface area contributed by atoms with Crippen molar-refractivity contribution in [1.29, 1.82) is 0 Å². The second-order valence-corrected chi connectivity index (χ2v) is 2.35. The van der Waals surface area contributed by atoms with Crippen LogP contribution in [0.5, 0.6) is 0 Å². The van der Waals surface area contributed by atoms with Crippen molar-refractivity contribution in [1.82, 2.24) is 15.4 Å². The van der Waals surface area contributed by atoms with Gasteiger partial charge in [-0.15, -0.1) is 0 Å². The van der Waals surface area contributed by atoms with E-state index in [0.29, 0.717) is 11.3 Å². The molecule has 0 aliphatic rings. The molecule has 2 aromatic heterocycles. The number of H-pyrrole nitrogens is 1. The fraction of sp³-hybridized carbons (Fsp3) is 0.143. The summed E-state index contributed by atoms with van der Waals surface area (Å²) < 4.78 is 4.82. The normalized spacial score (nSPS) is 13.1. The first-order valence-corrected chi connectivity index (χ1v) is 3.44. The van der Waals surface area contributed by atoms with Crippen molar-refractivity contribution in [3.05, 3.63) is 36.0 Å². The number of aromatic nitrogens is 3. The maximum Gasteiger partial charge on any atom is 0.128 e. The van der Waals surface area contributed by atoms with Crippen molar-refractivity contribution in [3.63, 3.8) is 0 Å². The lowest BCUT2D eigenvalue weighted by Crippen LogP contribution is -1.97. The maximum absolute atomic E-state index is 9.59. The number of aliphatic hydroxyl groups is 1. The van der Waals surface area contributed by atoms with Crippen molar-refractivity contribution in [2.75, 3.05) is 0 Å². The molecule has 0 bridgehead atoms. The molecule has 0 fully saturated rings. The molecule has 0 amide bonds. The number of hydrogen-bond acceptors (Lipinski definition) is 4. The van der Waals surface area contributed by atoms with Crippen LogP contribution in [0, 0.1) is 0 Å². The third-order valence-corrected chi connectivity index (χ3v) is 1.57. The molecule has 0 aromatic carbocycles. The Morgan fingerprint density at radius 1 is 1.58 bits per heavy atom. The monoisotopic (exact) mass is 165 g/mol. The molecule has 1 atom stereocenters. The molecule has 0 aliphatic carbocycles. The van der Waals surface area contributed by atoms with Gasteiger partial charge in [0.25, 0.3) is 0 Å². The largest absolute Gasteiger partial charge is 0.472 e. The first kappa shape index (κ1) is 7.05. The summed E-state index contributed by atoms with van der Waals surface area (Å²) in [5.74, 6) is 0. The Balaban J connectivity index is 2.27. The van der Waals surface area contributed by atoms with Crippen molar-refractivity contribution in [2.24, 2.45) is 0 Å². The number of nitrogens with zero attached hydrogens (tertiary/aromatic N) is 2. The van der Waals surface area contributed by atoms with Crippen molar-refractivity contribution >= 4 is 0 Å². The minimum absolute atomic E-state index is 0.483. The molecule has 12 heavy (non-hydrogen) atoms. The molecule has 2 heterocycles. The molecular formula is C7H7N3O2. The predicted molar refractivity (Wildman–Crippen MR) is 39.2 cm³/mol. The lowest BCUT2D eigenvalue weighted by Gasteiger charge is -2.01. The van der Waals surface area contributed by atoms with Gasteiger partial charge in [0, 0.05) is 5.56 Å². The van der Waals surface area contributed by atoms with Gasteiger partial charge in [0.15, 0.2) is 0 Å². The second kappa shape index (κ2) is 2.78. The van der Waals surface area contributed by atoms with E-state index in [0.717, 1.165) is 0 Å². The summed E-state index contributed by atoms with van der Waals surface area (Å²) in [6.45, 7) is 0. The lowest BCUT2D eigenvalue weighted by molar-refractivity contribution is 0.214. The number of hydrogen-bond donors (Lipinski definition) is 2. The van der Waals surface area contributed by atoms with E-state index in [9.17, 15) is 5.11 Å². The topological polar surface area (TPSA) is 74.9 Å². The number of furan rings is 1. The molecule has 2 N–H and O–H groups in total. The average Bonchev–Trinajstić information content (AvgIpc) is 2.77. The van der Waals surface area contributed by atoms with Crippen LogP contribution < -0.4 is 0 Å². The minimum atomic E-state index is -0.762. The molecule has 1 unspecified atom stereocenters. The van der Waals surface area contributed by atoms with E-state index in [1.54, 1.807) is 6.07 Å². The van der Waals surface area contributed by atoms with Gasteiger partial charge in [-0.1, -0.05) is 0 Å². The molecule has 2 aromatic rings. The summed E-state index contributed by atoms with van der Waals surface area (Å²) in [5.41, 5.74) is 1.15. The van der Waals surface area contributed by atoms with Crippen LogP contribution in [0.25, 0.3) is 0 Å². The van der Waals surface area contributed by atoms with Gasteiger partial charge >= 0.3 is 0 Å². The zero-order valence-corrected chi connectivity index (χ0v) is 6.14. The van der Waals surface area contributed by atoms with Crippen molar-refractivity contribution in [3.8, 4) is 0 Å². The summed E-state index contributed by atoms with van der Waals surface area (Å²) in [4.78, 5) is 0. The van der Waals surface area contributed by atoms with E-state index >= 15 is 0 Å². The molecule has 0 radical (unpaired) electrons. The van der Waals surface area contributed by atoms with Gasteiger partial charge in [0.1, 0.15) is 11.8 Å². The Bertz CT molecular complexity index is 293. The minimum Gasteiger partial charge on any atom is -0.472 e. The molecule has 62 valence electrons. The average molecular weight is 165 g/mol. The second-order valence-electron chi connectivity index (χ2n) is 2.35. The smallest absolute Gasteiger partial charge is 0.128 e. The third-order valence-electron chi connectivity index (χ3n) is 1.57. The van der Waals surface area contributed by atoms with Gasteiger partial charge in [0.05, 0.1) is 18.7 Å². The number of aromatic amines is 1. The van der Waals surface area contributed by atoms with E-state index < -0.39 is 6.10 Å². The van der Waals surface area contributed by atoms with E-state index in [1.165, 1.54) is 18.7 Å². The lowest BCUT2D eigenvalue weighted by atomic mass is 10.1. The van der Waals surface area contributed by atoms with Crippen molar-refractivity contribution in [2.45, 2.75) is 6.10 Å². The van der Waals surface area contributed by atoms with Crippen LogP contribution in [0.1, 0.15) is 17.4 Å². The summed E-state index contributed by atoms with van der Waals surface area (Å²) >= 11 is 0. The highest BCUT2D eigenvalue weighted by Gasteiger charge is 2.13. The van der Waals surface area contributed by atoms with E-state index in [2.05, 4.69) is 15.4 Å². The van der Waals surface area contributed by atoms with Gasteiger partial charge in [-0.2, -0.15) is 15.4 Å². The molecule has 0 aliphatic heterocycles. The quantitative estimate of drug-likeness (QED) is 0.678. The number of rotatable bonds is 2. The molecule has 0 saturated heterocycles. The highest BCUT2D eigenvalue weighted by Crippen LogP contribution is 2.18. The molecule has 0 spiro atoms. The van der Waals surface area contributed by atoms with E-state index in [-0.39, 0.29) is 0 Å². The first-order valence-electron chi connectivity index (χ1n) is 3.44. The van der Waals surface area contributed by atoms with Gasteiger partial charge in [-0.25, -0.2) is 0 Å². The van der Waals surface area contributed by atoms with Gasteiger partial charge < -0.3 is 9.52 Å². The fourth-order valence-electron chi connectivity index (χ4n) is 0.944. The summed E-state index contributed by atoms with van der Waals surface area (Å²) in [6, 6.07) is 1.68. The Morgan fingerprint density at radius 2 is 2.50 bits per heavy atom. The van der Waals surface area contributed by atoms with Gasteiger partial charge in [-0.3, -0.25) is 0 Å². The molecule has 5 heteroatoms. The Labute approximate surface area is 68.0 Å². The molecule has 0 saturated carbocycles. The number of aliphatic hydroxyl groups excluding tert-OH is 1. The summed E-state index contributed by atoms with van der Waals surface area (Å²) in [6.07, 6.45) is 3.68. The third kappa shape index (κ3) is 1.10. The zero-order chi connectivity index (χ0) is 8.39.